The highest BCUT2D eigenvalue weighted by molar-refractivity contribution is 5.91. The molecule has 0 aliphatic carbocycles. The van der Waals surface area contributed by atoms with Crippen LogP contribution in [0.25, 0.3) is 22.2 Å². The van der Waals surface area contributed by atoms with Gasteiger partial charge in [-0.1, -0.05) is 18.2 Å². The average Bonchev–Trinajstić information content (AvgIpc) is 2.71. The molecule has 0 amide bonds. The van der Waals surface area contributed by atoms with Crippen LogP contribution in [-0.4, -0.2) is 16.2 Å². The number of pyridine rings is 1. The van der Waals surface area contributed by atoms with Gasteiger partial charge in [0.05, 0.1) is 11.2 Å². The number of hydrogen-bond acceptors (Lipinski definition) is 4. The van der Waals surface area contributed by atoms with Crippen molar-refractivity contribution in [2.24, 2.45) is 0 Å². The first-order valence-corrected chi connectivity index (χ1v) is 8.85. The summed E-state index contributed by atoms with van der Waals surface area (Å²) in [5.41, 5.74) is 2.24. The van der Waals surface area contributed by atoms with Crippen LogP contribution in [0.3, 0.4) is 0 Å². The highest BCUT2D eigenvalue weighted by Gasteiger charge is 2.17. The normalized spacial score (nSPS) is 10.7. The lowest BCUT2D eigenvalue weighted by molar-refractivity contribution is 0.144. The van der Waals surface area contributed by atoms with Crippen LogP contribution in [0, 0.1) is 12.7 Å². The van der Waals surface area contributed by atoms with Crippen molar-refractivity contribution in [3.63, 3.8) is 0 Å². The molecule has 6 heteroatoms. The lowest BCUT2D eigenvalue weighted by Gasteiger charge is -2.14. The summed E-state index contributed by atoms with van der Waals surface area (Å²) in [4.78, 5) is 15.7. The Hall–Kier alpha value is -3.93. The predicted octanol–water partition coefficient (Wildman–Crippen LogP) is 6.20. The number of para-hydroxylation sites is 1. The van der Waals surface area contributed by atoms with Gasteiger partial charge in [-0.05, 0) is 61.5 Å². The van der Waals surface area contributed by atoms with Crippen LogP contribution < -0.4 is 9.47 Å². The van der Waals surface area contributed by atoms with Gasteiger partial charge in [-0.2, -0.15) is 0 Å². The number of aromatic nitrogens is 1. The fourth-order valence-electron chi connectivity index (χ4n) is 3.11. The first-order valence-electron chi connectivity index (χ1n) is 8.85. The van der Waals surface area contributed by atoms with Crippen LogP contribution in [0.4, 0.5) is 9.18 Å². The molecule has 4 aromatic rings. The van der Waals surface area contributed by atoms with Crippen LogP contribution in [0.5, 0.6) is 17.2 Å². The smallest absolute Gasteiger partial charge is 0.457 e. The number of benzene rings is 3. The van der Waals surface area contributed by atoms with Gasteiger partial charge in [-0.25, -0.2) is 14.2 Å². The summed E-state index contributed by atoms with van der Waals surface area (Å²) in [7, 11) is 0. The molecule has 0 spiro atoms. The van der Waals surface area contributed by atoms with Crippen LogP contribution in [0.2, 0.25) is 0 Å². The molecule has 144 valence electrons. The van der Waals surface area contributed by atoms with E-state index in [1.807, 2.05) is 42.5 Å². The number of rotatable bonds is 4. The van der Waals surface area contributed by atoms with Crippen molar-refractivity contribution in [1.29, 1.82) is 0 Å². The second kappa shape index (κ2) is 7.59. The molecule has 0 unspecified atom stereocenters. The number of halogens is 1. The second-order valence-electron chi connectivity index (χ2n) is 6.38. The minimum atomic E-state index is -1.47. The molecule has 0 saturated heterocycles. The van der Waals surface area contributed by atoms with E-state index in [9.17, 15) is 9.18 Å². The number of carboxylic acid groups (broad SMARTS) is 1. The zero-order chi connectivity index (χ0) is 20.4. The van der Waals surface area contributed by atoms with Gasteiger partial charge in [0.1, 0.15) is 23.1 Å². The maximum atomic E-state index is 13.7. The van der Waals surface area contributed by atoms with Gasteiger partial charge in [-0.15, -0.1) is 0 Å². The van der Waals surface area contributed by atoms with E-state index in [4.69, 9.17) is 14.6 Å². The zero-order valence-electron chi connectivity index (χ0n) is 15.4. The van der Waals surface area contributed by atoms with Gasteiger partial charge in [0.25, 0.3) is 0 Å². The fraction of sp³-hybridized carbons (Fsp3) is 0.0435. The third kappa shape index (κ3) is 3.87. The van der Waals surface area contributed by atoms with Gasteiger partial charge in [0.2, 0.25) is 0 Å². The third-order valence-electron chi connectivity index (χ3n) is 4.43. The number of nitrogens with zero attached hydrogens (tertiary/aromatic N) is 1. The molecule has 29 heavy (non-hydrogen) atoms. The topological polar surface area (TPSA) is 68.7 Å². The summed E-state index contributed by atoms with van der Waals surface area (Å²) in [5.74, 6) is 0.951. The lowest BCUT2D eigenvalue weighted by Crippen LogP contribution is -2.06. The Labute approximate surface area is 166 Å². The van der Waals surface area contributed by atoms with Gasteiger partial charge < -0.3 is 14.6 Å². The highest BCUT2D eigenvalue weighted by Crippen LogP contribution is 2.36. The van der Waals surface area contributed by atoms with Crippen molar-refractivity contribution in [2.45, 2.75) is 6.92 Å². The summed E-state index contributed by atoms with van der Waals surface area (Å²) in [6, 6.07) is 20.6. The van der Waals surface area contributed by atoms with Gasteiger partial charge in [0.15, 0.2) is 0 Å². The first-order chi connectivity index (χ1) is 14.0. The van der Waals surface area contributed by atoms with Crippen LogP contribution >= 0.6 is 0 Å². The molecule has 0 atom stereocenters. The molecular formula is C23H16FNO4. The molecule has 0 aliphatic rings. The van der Waals surface area contributed by atoms with E-state index >= 15 is 0 Å². The van der Waals surface area contributed by atoms with E-state index in [2.05, 4.69) is 4.98 Å². The Kier molecular flexibility index (Phi) is 4.83. The molecule has 0 saturated carbocycles. The van der Waals surface area contributed by atoms with E-state index in [1.165, 1.54) is 18.2 Å². The summed E-state index contributed by atoms with van der Waals surface area (Å²) in [5, 5.41) is 9.41. The van der Waals surface area contributed by atoms with Gasteiger partial charge in [-0.3, -0.25) is 0 Å². The molecule has 4 rings (SSSR count). The molecule has 1 N–H and O–H groups in total. The largest absolute Gasteiger partial charge is 0.511 e. The Balaban J connectivity index is 1.76. The number of hydrogen-bond donors (Lipinski definition) is 1. The minimum Gasteiger partial charge on any atom is -0.457 e. The molecule has 0 radical (unpaired) electrons. The molecular weight excluding hydrogens is 373 g/mol. The number of carbonyl (C=O) groups is 1. The van der Waals surface area contributed by atoms with E-state index in [0.717, 1.165) is 11.3 Å². The summed E-state index contributed by atoms with van der Waals surface area (Å²) < 4.78 is 24.4. The van der Waals surface area contributed by atoms with Gasteiger partial charge >= 0.3 is 6.16 Å². The van der Waals surface area contributed by atoms with E-state index in [-0.39, 0.29) is 5.75 Å². The first kappa shape index (κ1) is 18.4. The van der Waals surface area contributed by atoms with Gasteiger partial charge in [0, 0.05) is 16.5 Å². The SMILES string of the molecule is Cc1c(-c2ccc(Oc3ccccc3)cc2)nc2ccc(F)cc2c1OC(=O)O. The van der Waals surface area contributed by atoms with Crippen LogP contribution in [0.1, 0.15) is 5.56 Å². The molecule has 5 nitrogen and oxygen atoms in total. The Morgan fingerprint density at radius 3 is 2.34 bits per heavy atom. The minimum absolute atomic E-state index is 0.0709. The lowest BCUT2D eigenvalue weighted by atomic mass is 10.0. The van der Waals surface area contributed by atoms with E-state index in [1.54, 1.807) is 19.1 Å². The summed E-state index contributed by atoms with van der Waals surface area (Å²) >= 11 is 0. The molecule has 0 bridgehead atoms. The van der Waals surface area contributed by atoms with E-state index in [0.29, 0.717) is 27.9 Å². The molecule has 1 aromatic heterocycles. The van der Waals surface area contributed by atoms with Crippen molar-refractivity contribution in [1.82, 2.24) is 4.98 Å². The van der Waals surface area contributed by atoms with Crippen molar-refractivity contribution < 1.29 is 23.8 Å². The quantitative estimate of drug-likeness (QED) is 0.421. The maximum Gasteiger partial charge on any atom is 0.511 e. The number of ether oxygens (including phenoxy) is 2. The summed E-state index contributed by atoms with van der Waals surface area (Å²) in [6.07, 6.45) is -1.47. The fourth-order valence-corrected chi connectivity index (χ4v) is 3.11. The highest BCUT2D eigenvalue weighted by atomic mass is 19.1. The van der Waals surface area contributed by atoms with E-state index < -0.39 is 12.0 Å². The zero-order valence-corrected chi connectivity index (χ0v) is 15.4. The van der Waals surface area contributed by atoms with Crippen molar-refractivity contribution in [2.75, 3.05) is 0 Å². The standard InChI is InChI=1S/C23H16FNO4/c1-14-21(15-7-10-18(11-8-15)28-17-5-3-2-4-6-17)25-20-12-9-16(24)13-19(20)22(14)29-23(26)27/h2-13H,1H3,(H,26,27). The maximum absolute atomic E-state index is 13.7. The summed E-state index contributed by atoms with van der Waals surface area (Å²) in [6.45, 7) is 1.69. The Morgan fingerprint density at radius 2 is 1.66 bits per heavy atom. The van der Waals surface area contributed by atoms with Crippen LogP contribution in [0.15, 0.2) is 72.8 Å². The molecule has 3 aromatic carbocycles. The third-order valence-corrected chi connectivity index (χ3v) is 4.43. The Bertz CT molecular complexity index is 1190. The Morgan fingerprint density at radius 1 is 0.966 bits per heavy atom. The molecule has 0 aliphatic heterocycles. The monoisotopic (exact) mass is 389 g/mol. The predicted molar refractivity (Wildman–Crippen MR) is 107 cm³/mol. The van der Waals surface area contributed by atoms with Crippen molar-refractivity contribution in [3.05, 3.63) is 84.2 Å². The number of fused-ring (bicyclic) bond motifs is 1. The molecule has 0 fully saturated rings. The van der Waals surface area contributed by atoms with Crippen molar-refractivity contribution >= 4 is 17.1 Å². The average molecular weight is 389 g/mol. The van der Waals surface area contributed by atoms with Crippen molar-refractivity contribution in [3.8, 4) is 28.5 Å². The van der Waals surface area contributed by atoms with Crippen LogP contribution in [-0.2, 0) is 0 Å². The second-order valence-corrected chi connectivity index (χ2v) is 6.38. The molecule has 1 heterocycles.